The van der Waals surface area contributed by atoms with E-state index in [1.165, 1.54) is 24.5 Å². The fraction of sp³-hybridized carbons (Fsp3) is 0. The highest BCUT2D eigenvalue weighted by atomic mass is 32.1. The zero-order valence-electron chi connectivity index (χ0n) is 11.1. The predicted molar refractivity (Wildman–Crippen MR) is 84.5 cm³/mol. The maximum Gasteiger partial charge on any atom is 0.270 e. The summed E-state index contributed by atoms with van der Waals surface area (Å²) < 4.78 is 5.27. The number of non-ortho nitro benzene ring substituents is 1. The Morgan fingerprint density at radius 3 is 2.73 bits per heavy atom. The number of nitrogens with zero attached hydrogens (tertiary/aromatic N) is 1. The van der Waals surface area contributed by atoms with Crippen LogP contribution in [0.5, 0.6) is 0 Å². The normalized spacial score (nSPS) is 10.6. The summed E-state index contributed by atoms with van der Waals surface area (Å²) in [4.78, 5) is 23.3. The Kier molecular flexibility index (Phi) is 3.56. The van der Waals surface area contributed by atoms with Gasteiger partial charge in [0.25, 0.3) is 11.6 Å². The monoisotopic (exact) mass is 314 g/mol. The topological polar surface area (TPSA) is 85.4 Å². The van der Waals surface area contributed by atoms with Crippen LogP contribution in [0.25, 0.3) is 11.0 Å². The van der Waals surface area contributed by atoms with Gasteiger partial charge in [0.2, 0.25) is 0 Å². The zero-order chi connectivity index (χ0) is 15.7. The number of fused-ring (bicyclic) bond motifs is 1. The Labute approximate surface area is 130 Å². The Bertz CT molecular complexity index is 888. The largest absolute Gasteiger partial charge is 0.463 e. The van der Waals surface area contributed by atoms with Gasteiger partial charge in [-0.15, -0.1) is 12.6 Å². The minimum absolute atomic E-state index is 0.0995. The number of hydrogen-bond acceptors (Lipinski definition) is 5. The van der Waals surface area contributed by atoms with Crippen molar-refractivity contribution in [1.29, 1.82) is 0 Å². The smallest absolute Gasteiger partial charge is 0.270 e. The van der Waals surface area contributed by atoms with E-state index in [0.717, 1.165) is 0 Å². The number of thiol groups is 1. The van der Waals surface area contributed by atoms with E-state index in [0.29, 0.717) is 21.6 Å². The molecule has 0 saturated heterocycles. The zero-order valence-corrected chi connectivity index (χ0v) is 12.0. The average Bonchev–Trinajstić information content (AvgIpc) is 2.92. The summed E-state index contributed by atoms with van der Waals surface area (Å²) in [5.74, 6) is -0.416. The minimum atomic E-state index is -0.517. The number of amides is 1. The van der Waals surface area contributed by atoms with Crippen LogP contribution in [0, 0.1) is 10.1 Å². The molecule has 1 amide bonds. The first kappa shape index (κ1) is 14.2. The number of nitro benzene ring substituents is 1. The molecule has 6 nitrogen and oxygen atoms in total. The van der Waals surface area contributed by atoms with Crippen molar-refractivity contribution in [1.82, 2.24) is 0 Å². The first-order valence-electron chi connectivity index (χ1n) is 6.31. The Balaban J connectivity index is 1.99. The molecule has 2 aromatic carbocycles. The van der Waals surface area contributed by atoms with Crippen LogP contribution in [0.3, 0.4) is 0 Å². The van der Waals surface area contributed by atoms with Crippen molar-refractivity contribution in [2.75, 3.05) is 5.32 Å². The van der Waals surface area contributed by atoms with Crippen LogP contribution in [-0.2, 0) is 0 Å². The molecular formula is C15H10N2O4S. The van der Waals surface area contributed by atoms with E-state index >= 15 is 0 Å². The van der Waals surface area contributed by atoms with Gasteiger partial charge < -0.3 is 9.73 Å². The third-order valence-electron chi connectivity index (χ3n) is 3.16. The fourth-order valence-electron chi connectivity index (χ4n) is 2.08. The molecular weight excluding hydrogens is 304 g/mol. The third-order valence-corrected chi connectivity index (χ3v) is 3.55. The molecule has 3 rings (SSSR count). The van der Waals surface area contributed by atoms with E-state index in [1.54, 1.807) is 24.3 Å². The third kappa shape index (κ3) is 2.53. The number of carbonyl (C=O) groups excluding carboxylic acids is 1. The van der Waals surface area contributed by atoms with Crippen LogP contribution in [0.15, 0.2) is 58.0 Å². The lowest BCUT2D eigenvalue weighted by Crippen LogP contribution is -2.11. The van der Waals surface area contributed by atoms with Crippen molar-refractivity contribution in [3.8, 4) is 0 Å². The summed E-state index contributed by atoms with van der Waals surface area (Å²) in [7, 11) is 0. The van der Waals surface area contributed by atoms with Crippen LogP contribution >= 0.6 is 12.6 Å². The highest BCUT2D eigenvalue weighted by molar-refractivity contribution is 7.80. The standard InChI is InChI=1S/C15H10N2O4S/c18-15(16-12-3-1-2-4-14(12)22)11-8-21-13-6-5-9(17(19)20)7-10(11)13/h1-8,22H,(H,16,18). The lowest BCUT2D eigenvalue weighted by Gasteiger charge is -2.06. The number of hydrogen-bond donors (Lipinski definition) is 2. The number of benzene rings is 2. The second kappa shape index (κ2) is 5.53. The number of furan rings is 1. The maximum atomic E-state index is 12.3. The van der Waals surface area contributed by atoms with Gasteiger partial charge in [0.1, 0.15) is 11.8 Å². The van der Waals surface area contributed by atoms with Gasteiger partial charge >= 0.3 is 0 Å². The van der Waals surface area contributed by atoms with Crippen LogP contribution in [0.2, 0.25) is 0 Å². The average molecular weight is 314 g/mol. The Morgan fingerprint density at radius 2 is 2.00 bits per heavy atom. The van der Waals surface area contributed by atoms with Gasteiger partial charge in [0, 0.05) is 22.4 Å². The molecule has 0 aliphatic heterocycles. The lowest BCUT2D eigenvalue weighted by molar-refractivity contribution is -0.384. The van der Waals surface area contributed by atoms with E-state index in [2.05, 4.69) is 17.9 Å². The summed E-state index contributed by atoms with van der Waals surface area (Å²) >= 11 is 4.26. The summed E-state index contributed by atoms with van der Waals surface area (Å²) in [5, 5.41) is 13.9. The molecule has 110 valence electrons. The van der Waals surface area contributed by atoms with Gasteiger partial charge in [-0.25, -0.2) is 0 Å². The molecule has 0 spiro atoms. The predicted octanol–water partition coefficient (Wildman–Crippen LogP) is 3.88. The minimum Gasteiger partial charge on any atom is -0.463 e. The highest BCUT2D eigenvalue weighted by Crippen LogP contribution is 2.27. The fourth-order valence-corrected chi connectivity index (χ4v) is 2.29. The van der Waals surface area contributed by atoms with Crippen LogP contribution < -0.4 is 5.32 Å². The van der Waals surface area contributed by atoms with Gasteiger partial charge in [0.15, 0.2) is 0 Å². The number of nitrogens with one attached hydrogen (secondary N) is 1. The van der Waals surface area contributed by atoms with Gasteiger partial charge in [0.05, 0.1) is 16.2 Å². The molecule has 0 aliphatic rings. The van der Waals surface area contributed by atoms with Gasteiger partial charge in [-0.05, 0) is 18.2 Å². The number of rotatable bonds is 3. The van der Waals surface area contributed by atoms with E-state index in [9.17, 15) is 14.9 Å². The molecule has 3 aromatic rings. The molecule has 0 atom stereocenters. The van der Waals surface area contributed by atoms with Crippen molar-refractivity contribution in [2.45, 2.75) is 4.90 Å². The first-order chi connectivity index (χ1) is 10.6. The molecule has 0 fully saturated rings. The lowest BCUT2D eigenvalue weighted by atomic mass is 10.1. The molecule has 1 N–H and O–H groups in total. The molecule has 7 heteroatoms. The van der Waals surface area contributed by atoms with Gasteiger partial charge in [-0.2, -0.15) is 0 Å². The molecule has 22 heavy (non-hydrogen) atoms. The first-order valence-corrected chi connectivity index (χ1v) is 6.76. The number of nitro groups is 1. The highest BCUT2D eigenvalue weighted by Gasteiger charge is 2.17. The quantitative estimate of drug-likeness (QED) is 0.436. The van der Waals surface area contributed by atoms with Crippen LogP contribution in [0.4, 0.5) is 11.4 Å². The molecule has 0 aliphatic carbocycles. The van der Waals surface area contributed by atoms with E-state index in [1.807, 2.05) is 0 Å². The Hall–Kier alpha value is -2.80. The maximum absolute atomic E-state index is 12.3. The molecule has 1 aromatic heterocycles. The molecule has 0 unspecified atom stereocenters. The molecule has 0 saturated carbocycles. The van der Waals surface area contributed by atoms with Crippen molar-refractivity contribution in [2.24, 2.45) is 0 Å². The van der Waals surface area contributed by atoms with Crippen LogP contribution in [0.1, 0.15) is 10.4 Å². The van der Waals surface area contributed by atoms with E-state index in [-0.39, 0.29) is 11.3 Å². The number of carbonyl (C=O) groups is 1. The van der Waals surface area contributed by atoms with Crippen LogP contribution in [-0.4, -0.2) is 10.8 Å². The molecule has 0 radical (unpaired) electrons. The van der Waals surface area contributed by atoms with E-state index in [4.69, 9.17) is 4.42 Å². The molecule has 1 heterocycles. The second-order valence-electron chi connectivity index (χ2n) is 4.56. The summed E-state index contributed by atoms with van der Waals surface area (Å²) in [6, 6.07) is 11.2. The van der Waals surface area contributed by atoms with Crippen molar-refractivity contribution >= 4 is 40.9 Å². The van der Waals surface area contributed by atoms with Gasteiger partial charge in [-0.1, -0.05) is 12.1 Å². The van der Waals surface area contributed by atoms with Crippen molar-refractivity contribution in [3.63, 3.8) is 0 Å². The number of anilines is 1. The summed E-state index contributed by atoms with van der Waals surface area (Å²) in [6.07, 6.45) is 1.28. The summed E-state index contributed by atoms with van der Waals surface area (Å²) in [5.41, 5.74) is 1.10. The van der Waals surface area contributed by atoms with Crippen molar-refractivity contribution < 1.29 is 14.1 Å². The summed E-state index contributed by atoms with van der Waals surface area (Å²) in [6.45, 7) is 0. The SMILES string of the molecule is O=C(Nc1ccccc1S)c1coc2ccc([N+](=O)[O-])cc12. The number of para-hydroxylation sites is 1. The van der Waals surface area contributed by atoms with Gasteiger partial charge in [-0.3, -0.25) is 14.9 Å². The Morgan fingerprint density at radius 1 is 1.23 bits per heavy atom. The molecule has 0 bridgehead atoms. The van der Waals surface area contributed by atoms with Crippen molar-refractivity contribution in [3.05, 3.63) is 64.4 Å². The van der Waals surface area contributed by atoms with E-state index < -0.39 is 10.8 Å². The second-order valence-corrected chi connectivity index (χ2v) is 5.04.